The molecule has 180 valence electrons. The van der Waals surface area contributed by atoms with E-state index in [0.717, 1.165) is 12.1 Å². The van der Waals surface area contributed by atoms with Gasteiger partial charge in [-0.25, -0.2) is 9.50 Å². The summed E-state index contributed by atoms with van der Waals surface area (Å²) in [6, 6.07) is 9.90. The Kier molecular flexibility index (Phi) is 6.25. The molecule has 0 aliphatic heterocycles. The highest BCUT2D eigenvalue weighted by Gasteiger charge is 2.30. The second-order valence-electron chi connectivity index (χ2n) is 7.96. The van der Waals surface area contributed by atoms with Crippen molar-refractivity contribution in [1.29, 1.82) is 0 Å². The van der Waals surface area contributed by atoms with Crippen LogP contribution in [0.15, 0.2) is 48.7 Å². The quantitative estimate of drug-likeness (QED) is 0.441. The minimum absolute atomic E-state index is 0.0728. The average molecular weight is 482 g/mol. The standard InChI is InChI=1S/C24H21F3N6O2/c1-13-18(20-7-8-22-31-21(30-15(3)34)12-33(22)32-20)10-19(14(2)29-13)23(35)28-11-16-5-4-6-17(9-16)24(25,26)27/h4-10,12H,11H2,1-3H3,(H,28,35)(H,30,34). The van der Waals surface area contributed by atoms with Gasteiger partial charge >= 0.3 is 6.18 Å². The lowest BCUT2D eigenvalue weighted by atomic mass is 10.0. The van der Waals surface area contributed by atoms with Gasteiger partial charge in [-0.2, -0.15) is 18.3 Å². The molecule has 0 fully saturated rings. The van der Waals surface area contributed by atoms with Gasteiger partial charge in [0.05, 0.1) is 28.7 Å². The van der Waals surface area contributed by atoms with Gasteiger partial charge in [-0.15, -0.1) is 0 Å². The van der Waals surface area contributed by atoms with Crippen LogP contribution in [0, 0.1) is 13.8 Å². The van der Waals surface area contributed by atoms with Gasteiger partial charge in [0.25, 0.3) is 5.91 Å². The monoisotopic (exact) mass is 482 g/mol. The molecule has 8 nitrogen and oxygen atoms in total. The number of imidazole rings is 1. The molecule has 35 heavy (non-hydrogen) atoms. The van der Waals surface area contributed by atoms with Crippen LogP contribution in [-0.2, 0) is 17.5 Å². The van der Waals surface area contributed by atoms with E-state index in [1.54, 1.807) is 38.2 Å². The van der Waals surface area contributed by atoms with Crippen LogP contribution in [-0.4, -0.2) is 31.4 Å². The number of carbonyl (C=O) groups excluding carboxylic acids is 2. The van der Waals surface area contributed by atoms with Gasteiger partial charge in [0, 0.05) is 24.7 Å². The van der Waals surface area contributed by atoms with Gasteiger partial charge in [-0.1, -0.05) is 12.1 Å². The van der Waals surface area contributed by atoms with E-state index < -0.39 is 17.6 Å². The number of hydrogen-bond donors (Lipinski definition) is 2. The summed E-state index contributed by atoms with van der Waals surface area (Å²) >= 11 is 0. The topological polar surface area (TPSA) is 101 Å². The molecule has 4 aromatic rings. The third-order valence-electron chi connectivity index (χ3n) is 5.26. The number of benzene rings is 1. The molecule has 2 amide bonds. The lowest BCUT2D eigenvalue weighted by Crippen LogP contribution is -2.24. The molecule has 0 aliphatic rings. The Morgan fingerprint density at radius 1 is 1.03 bits per heavy atom. The molecule has 0 saturated carbocycles. The predicted octanol–water partition coefficient (Wildman–Crippen LogP) is 4.32. The van der Waals surface area contributed by atoms with Gasteiger partial charge < -0.3 is 10.6 Å². The third kappa shape index (κ3) is 5.29. The Balaban J connectivity index is 1.59. The minimum Gasteiger partial charge on any atom is -0.348 e. The van der Waals surface area contributed by atoms with E-state index in [0.29, 0.717) is 39.7 Å². The lowest BCUT2D eigenvalue weighted by Gasteiger charge is -2.13. The molecule has 0 aliphatic carbocycles. The zero-order valence-electron chi connectivity index (χ0n) is 19.1. The van der Waals surface area contributed by atoms with Crippen LogP contribution in [0.25, 0.3) is 16.9 Å². The van der Waals surface area contributed by atoms with E-state index in [9.17, 15) is 22.8 Å². The summed E-state index contributed by atoms with van der Waals surface area (Å²) in [5.74, 6) is -0.367. The van der Waals surface area contributed by atoms with E-state index in [-0.39, 0.29) is 18.0 Å². The molecule has 3 aromatic heterocycles. The maximum absolute atomic E-state index is 13.0. The van der Waals surface area contributed by atoms with E-state index in [4.69, 9.17) is 0 Å². The molecule has 0 saturated heterocycles. The number of aryl methyl sites for hydroxylation is 2. The number of nitrogens with one attached hydrogen (secondary N) is 2. The maximum atomic E-state index is 13.0. The zero-order valence-corrected chi connectivity index (χ0v) is 19.1. The Labute approximate surface area is 198 Å². The van der Waals surface area contributed by atoms with Crippen LogP contribution in [0.4, 0.5) is 19.0 Å². The van der Waals surface area contributed by atoms with Crippen molar-refractivity contribution in [2.45, 2.75) is 33.5 Å². The molecular formula is C24H21F3N6O2. The first-order chi connectivity index (χ1) is 16.5. The van der Waals surface area contributed by atoms with Crippen LogP contribution in [0.3, 0.4) is 0 Å². The van der Waals surface area contributed by atoms with Crippen molar-refractivity contribution in [3.63, 3.8) is 0 Å². The zero-order chi connectivity index (χ0) is 25.3. The van der Waals surface area contributed by atoms with Gasteiger partial charge in [0.1, 0.15) is 0 Å². The van der Waals surface area contributed by atoms with Crippen LogP contribution >= 0.6 is 0 Å². The van der Waals surface area contributed by atoms with Crippen molar-refractivity contribution >= 4 is 23.3 Å². The number of rotatable bonds is 5. The number of amides is 2. The molecule has 0 spiro atoms. The van der Waals surface area contributed by atoms with Crippen molar-refractivity contribution in [2.75, 3.05) is 5.32 Å². The molecule has 0 unspecified atom stereocenters. The molecule has 0 bridgehead atoms. The van der Waals surface area contributed by atoms with Crippen LogP contribution in [0.2, 0.25) is 0 Å². The number of pyridine rings is 1. The summed E-state index contributed by atoms with van der Waals surface area (Å²) in [5.41, 5.74) is 2.61. The number of hydrogen-bond acceptors (Lipinski definition) is 5. The highest BCUT2D eigenvalue weighted by Crippen LogP contribution is 2.29. The number of alkyl halides is 3. The first-order valence-electron chi connectivity index (χ1n) is 10.6. The van der Waals surface area contributed by atoms with Crippen molar-refractivity contribution in [1.82, 2.24) is 24.9 Å². The normalized spacial score (nSPS) is 11.5. The fourth-order valence-corrected chi connectivity index (χ4v) is 3.62. The summed E-state index contributed by atoms with van der Waals surface area (Å²) in [6.45, 7) is 4.78. The fraction of sp³-hybridized carbons (Fsp3) is 0.208. The maximum Gasteiger partial charge on any atom is 0.416 e. The van der Waals surface area contributed by atoms with Crippen molar-refractivity contribution in [2.24, 2.45) is 0 Å². The summed E-state index contributed by atoms with van der Waals surface area (Å²) < 4.78 is 40.4. The first kappa shape index (κ1) is 23.9. The smallest absolute Gasteiger partial charge is 0.348 e. The molecule has 11 heteroatoms. The minimum atomic E-state index is -4.46. The second-order valence-corrected chi connectivity index (χ2v) is 7.96. The van der Waals surface area contributed by atoms with Crippen LogP contribution in [0.5, 0.6) is 0 Å². The number of anilines is 1. The molecule has 4 rings (SSSR count). The van der Waals surface area contributed by atoms with E-state index >= 15 is 0 Å². The summed E-state index contributed by atoms with van der Waals surface area (Å²) in [5, 5.41) is 9.77. The summed E-state index contributed by atoms with van der Waals surface area (Å²) in [6.07, 6.45) is -2.89. The second kappa shape index (κ2) is 9.16. The largest absolute Gasteiger partial charge is 0.416 e. The number of carbonyl (C=O) groups is 2. The highest BCUT2D eigenvalue weighted by atomic mass is 19.4. The molecule has 0 radical (unpaired) electrons. The number of halogens is 3. The van der Waals surface area contributed by atoms with E-state index in [1.807, 2.05) is 0 Å². The van der Waals surface area contributed by atoms with Gasteiger partial charge in [0.15, 0.2) is 11.5 Å². The molecule has 2 N–H and O–H groups in total. The average Bonchev–Trinajstić information content (AvgIpc) is 3.18. The Morgan fingerprint density at radius 2 is 1.80 bits per heavy atom. The summed E-state index contributed by atoms with van der Waals surface area (Å²) in [4.78, 5) is 32.9. The van der Waals surface area contributed by atoms with Crippen LogP contribution < -0.4 is 10.6 Å². The Bertz CT molecular complexity index is 1450. The van der Waals surface area contributed by atoms with Gasteiger partial charge in [0.2, 0.25) is 5.91 Å². The van der Waals surface area contributed by atoms with Crippen molar-refractivity contribution in [3.8, 4) is 11.3 Å². The Hall–Kier alpha value is -4.28. The molecule has 0 atom stereocenters. The van der Waals surface area contributed by atoms with E-state index in [2.05, 4.69) is 25.7 Å². The number of fused-ring (bicyclic) bond motifs is 1. The van der Waals surface area contributed by atoms with Crippen LogP contribution in [0.1, 0.15) is 39.8 Å². The highest BCUT2D eigenvalue weighted by molar-refractivity contribution is 5.96. The van der Waals surface area contributed by atoms with E-state index in [1.165, 1.54) is 23.6 Å². The third-order valence-corrected chi connectivity index (χ3v) is 5.26. The Morgan fingerprint density at radius 3 is 2.51 bits per heavy atom. The van der Waals surface area contributed by atoms with Crippen molar-refractivity contribution < 1.29 is 22.8 Å². The molecule has 3 heterocycles. The molecule has 1 aromatic carbocycles. The first-order valence-corrected chi connectivity index (χ1v) is 10.6. The molecular weight excluding hydrogens is 461 g/mol. The predicted molar refractivity (Wildman–Crippen MR) is 123 cm³/mol. The van der Waals surface area contributed by atoms with Crippen molar-refractivity contribution in [3.05, 3.63) is 76.7 Å². The number of aromatic nitrogens is 4. The fourth-order valence-electron chi connectivity index (χ4n) is 3.62. The van der Waals surface area contributed by atoms with Gasteiger partial charge in [-0.05, 0) is 49.7 Å². The SMILES string of the molecule is CC(=O)Nc1cn2nc(-c3cc(C(=O)NCc4cccc(C(F)(F)F)c4)c(C)nc3C)ccc2n1. The summed E-state index contributed by atoms with van der Waals surface area (Å²) in [7, 11) is 0. The van der Waals surface area contributed by atoms with Gasteiger partial charge in [-0.3, -0.25) is 14.6 Å². The lowest BCUT2D eigenvalue weighted by molar-refractivity contribution is -0.137. The number of nitrogens with zero attached hydrogens (tertiary/aromatic N) is 4.